The number of rotatable bonds is 2. The van der Waals surface area contributed by atoms with E-state index < -0.39 is 5.91 Å². The summed E-state index contributed by atoms with van der Waals surface area (Å²) in [5.74, 6) is -0.404. The number of amides is 1. The van der Waals surface area contributed by atoms with Crippen LogP contribution in [0.5, 0.6) is 0 Å². The van der Waals surface area contributed by atoms with E-state index in [0.29, 0.717) is 5.56 Å². The summed E-state index contributed by atoms with van der Waals surface area (Å²) in [5, 5.41) is 2.42. The van der Waals surface area contributed by atoms with Gasteiger partial charge in [-0.15, -0.1) is 0 Å². The largest absolute Gasteiger partial charge is 0.366 e. The summed E-state index contributed by atoms with van der Waals surface area (Å²) in [6.45, 7) is 0. The van der Waals surface area contributed by atoms with Gasteiger partial charge in [0.05, 0.1) is 0 Å². The minimum absolute atomic E-state index is 0.404. The molecule has 3 aromatic carbocycles. The first-order valence-electron chi connectivity index (χ1n) is 7.13. The van der Waals surface area contributed by atoms with Crippen LogP contribution in [0.2, 0.25) is 0 Å². The van der Waals surface area contributed by atoms with Crippen LogP contribution >= 0.6 is 0 Å². The van der Waals surface area contributed by atoms with Gasteiger partial charge < -0.3 is 10.7 Å². The van der Waals surface area contributed by atoms with Gasteiger partial charge in [0.2, 0.25) is 5.91 Å². The number of nitrogens with one attached hydrogen (secondary N) is 1. The van der Waals surface area contributed by atoms with Crippen molar-refractivity contribution < 1.29 is 4.79 Å². The molecule has 1 amide bonds. The van der Waals surface area contributed by atoms with Crippen molar-refractivity contribution >= 4 is 27.7 Å². The van der Waals surface area contributed by atoms with Gasteiger partial charge in [0.15, 0.2) is 0 Å². The number of nitrogens with two attached hydrogens (primary N) is 1. The fraction of sp³-hybridized carbons (Fsp3) is 0. The zero-order chi connectivity index (χ0) is 15.1. The number of aromatic amines is 1. The standard InChI is InChI=1S/C19H14N2O/c20-19(22)13-7-5-12(6-8-13)14-9-10-18-16(11-14)15-3-1-2-4-17(15)21-18/h1-11,21H,(H2,20,22). The molecule has 0 saturated carbocycles. The first-order chi connectivity index (χ1) is 10.7. The van der Waals surface area contributed by atoms with Crippen LogP contribution in [0.15, 0.2) is 66.7 Å². The number of benzene rings is 3. The Hall–Kier alpha value is -3.07. The molecule has 4 rings (SSSR count). The molecule has 4 aromatic rings. The third-order valence-corrected chi connectivity index (χ3v) is 4.01. The molecule has 106 valence electrons. The average Bonchev–Trinajstić information content (AvgIpc) is 2.92. The van der Waals surface area contributed by atoms with E-state index in [1.807, 2.05) is 24.3 Å². The quantitative estimate of drug-likeness (QED) is 0.573. The predicted octanol–water partition coefficient (Wildman–Crippen LogP) is 4.09. The third-order valence-electron chi connectivity index (χ3n) is 4.01. The van der Waals surface area contributed by atoms with Gasteiger partial charge in [-0.25, -0.2) is 0 Å². The van der Waals surface area contributed by atoms with Gasteiger partial charge in [-0.1, -0.05) is 36.4 Å². The van der Waals surface area contributed by atoms with Crippen LogP contribution in [0.25, 0.3) is 32.9 Å². The van der Waals surface area contributed by atoms with Gasteiger partial charge in [-0.2, -0.15) is 0 Å². The number of carbonyl (C=O) groups excluding carboxylic acids is 1. The van der Waals surface area contributed by atoms with Crippen LogP contribution in [0.4, 0.5) is 0 Å². The van der Waals surface area contributed by atoms with E-state index in [1.54, 1.807) is 12.1 Å². The number of hydrogen-bond donors (Lipinski definition) is 2. The topological polar surface area (TPSA) is 58.9 Å². The molecule has 0 bridgehead atoms. The molecule has 0 aliphatic carbocycles. The van der Waals surface area contributed by atoms with E-state index in [2.05, 4.69) is 35.3 Å². The Balaban J connectivity index is 1.88. The van der Waals surface area contributed by atoms with Crippen molar-refractivity contribution in [2.75, 3.05) is 0 Å². The molecular weight excluding hydrogens is 272 g/mol. The first-order valence-corrected chi connectivity index (χ1v) is 7.13. The fourth-order valence-electron chi connectivity index (χ4n) is 2.85. The maximum absolute atomic E-state index is 11.2. The minimum atomic E-state index is -0.404. The number of primary amides is 1. The zero-order valence-electron chi connectivity index (χ0n) is 11.8. The minimum Gasteiger partial charge on any atom is -0.366 e. The summed E-state index contributed by atoms with van der Waals surface area (Å²) in [5.41, 5.74) is 10.3. The van der Waals surface area contributed by atoms with Gasteiger partial charge in [0.1, 0.15) is 0 Å². The van der Waals surface area contributed by atoms with Crippen LogP contribution in [-0.2, 0) is 0 Å². The molecule has 3 nitrogen and oxygen atoms in total. The second kappa shape index (κ2) is 4.74. The van der Waals surface area contributed by atoms with Crippen molar-refractivity contribution in [3.63, 3.8) is 0 Å². The summed E-state index contributed by atoms with van der Waals surface area (Å²) in [4.78, 5) is 14.6. The van der Waals surface area contributed by atoms with Crippen molar-refractivity contribution in [1.82, 2.24) is 4.98 Å². The number of para-hydroxylation sites is 1. The van der Waals surface area contributed by atoms with Gasteiger partial charge in [0, 0.05) is 27.4 Å². The van der Waals surface area contributed by atoms with E-state index in [9.17, 15) is 4.79 Å². The highest BCUT2D eigenvalue weighted by atomic mass is 16.1. The van der Waals surface area contributed by atoms with Crippen molar-refractivity contribution in [2.45, 2.75) is 0 Å². The maximum Gasteiger partial charge on any atom is 0.248 e. The highest BCUT2D eigenvalue weighted by molar-refractivity contribution is 6.08. The number of hydrogen-bond acceptors (Lipinski definition) is 1. The molecule has 3 N–H and O–H groups in total. The molecule has 0 aliphatic heterocycles. The fourth-order valence-corrected chi connectivity index (χ4v) is 2.85. The Kier molecular flexibility index (Phi) is 2.73. The monoisotopic (exact) mass is 286 g/mol. The summed E-state index contributed by atoms with van der Waals surface area (Å²) >= 11 is 0. The molecule has 1 aromatic heterocycles. The van der Waals surface area contributed by atoms with E-state index in [-0.39, 0.29) is 0 Å². The molecule has 0 atom stereocenters. The summed E-state index contributed by atoms with van der Waals surface area (Å²) in [6.07, 6.45) is 0. The lowest BCUT2D eigenvalue weighted by Crippen LogP contribution is -2.10. The highest BCUT2D eigenvalue weighted by Crippen LogP contribution is 2.30. The second-order valence-electron chi connectivity index (χ2n) is 5.37. The van der Waals surface area contributed by atoms with Crippen molar-refractivity contribution in [2.24, 2.45) is 5.73 Å². The SMILES string of the molecule is NC(=O)c1ccc(-c2ccc3[nH]c4ccccc4c3c2)cc1. The molecule has 1 heterocycles. The van der Waals surface area contributed by atoms with Crippen molar-refractivity contribution in [3.8, 4) is 11.1 Å². The van der Waals surface area contributed by atoms with Crippen LogP contribution in [0.3, 0.4) is 0 Å². The lowest BCUT2D eigenvalue weighted by molar-refractivity contribution is 0.100. The Morgan fingerprint density at radius 1 is 0.773 bits per heavy atom. The molecule has 0 saturated heterocycles. The van der Waals surface area contributed by atoms with Crippen LogP contribution in [0, 0.1) is 0 Å². The number of carbonyl (C=O) groups is 1. The molecule has 22 heavy (non-hydrogen) atoms. The average molecular weight is 286 g/mol. The molecule has 3 heteroatoms. The van der Waals surface area contributed by atoms with E-state index in [1.165, 1.54) is 10.8 Å². The van der Waals surface area contributed by atoms with Gasteiger partial charge in [0.25, 0.3) is 0 Å². The maximum atomic E-state index is 11.2. The normalized spacial score (nSPS) is 11.1. The van der Waals surface area contributed by atoms with Crippen LogP contribution < -0.4 is 5.73 Å². The molecular formula is C19H14N2O. The van der Waals surface area contributed by atoms with Crippen LogP contribution in [0.1, 0.15) is 10.4 Å². The Morgan fingerprint density at radius 2 is 1.45 bits per heavy atom. The smallest absolute Gasteiger partial charge is 0.248 e. The Bertz CT molecular complexity index is 997. The number of fused-ring (bicyclic) bond motifs is 3. The summed E-state index contributed by atoms with van der Waals surface area (Å²) in [7, 11) is 0. The van der Waals surface area contributed by atoms with Crippen molar-refractivity contribution in [1.29, 1.82) is 0 Å². The first kappa shape index (κ1) is 12.7. The van der Waals surface area contributed by atoms with Crippen LogP contribution in [-0.4, -0.2) is 10.9 Å². The van der Waals surface area contributed by atoms with E-state index >= 15 is 0 Å². The van der Waals surface area contributed by atoms with E-state index in [4.69, 9.17) is 5.73 Å². The lowest BCUT2D eigenvalue weighted by Gasteiger charge is -2.03. The highest BCUT2D eigenvalue weighted by Gasteiger charge is 2.06. The summed E-state index contributed by atoms with van der Waals surface area (Å²) < 4.78 is 0. The zero-order valence-corrected chi connectivity index (χ0v) is 11.8. The Labute approximate surface area is 127 Å². The summed E-state index contributed by atoms with van der Waals surface area (Å²) in [6, 6.07) is 22.0. The third kappa shape index (κ3) is 1.95. The van der Waals surface area contributed by atoms with Gasteiger partial charge >= 0.3 is 0 Å². The Morgan fingerprint density at radius 3 is 2.23 bits per heavy atom. The molecule has 0 radical (unpaired) electrons. The number of aromatic nitrogens is 1. The second-order valence-corrected chi connectivity index (χ2v) is 5.37. The predicted molar refractivity (Wildman–Crippen MR) is 89.8 cm³/mol. The lowest BCUT2D eigenvalue weighted by atomic mass is 10.0. The molecule has 0 spiro atoms. The van der Waals surface area contributed by atoms with E-state index in [0.717, 1.165) is 22.2 Å². The van der Waals surface area contributed by atoms with Crippen molar-refractivity contribution in [3.05, 3.63) is 72.3 Å². The molecule has 0 unspecified atom stereocenters. The molecule has 0 aliphatic rings. The van der Waals surface area contributed by atoms with Gasteiger partial charge in [-0.3, -0.25) is 4.79 Å². The molecule has 0 fully saturated rings. The number of H-pyrrole nitrogens is 1. The van der Waals surface area contributed by atoms with Gasteiger partial charge in [-0.05, 0) is 41.5 Å².